The fourth-order valence-corrected chi connectivity index (χ4v) is 7.55. The summed E-state index contributed by atoms with van der Waals surface area (Å²) in [5.41, 5.74) is 5.98. The average Bonchev–Trinajstić information content (AvgIpc) is 3.82. The molecule has 5 heteroatoms. The van der Waals surface area contributed by atoms with Gasteiger partial charge in [0.25, 0.3) is 0 Å². The van der Waals surface area contributed by atoms with Crippen LogP contribution in [0.4, 0.5) is 0 Å². The predicted octanol–water partition coefficient (Wildman–Crippen LogP) is 12.5. The minimum atomic E-state index is -0.282. The van der Waals surface area contributed by atoms with Crippen LogP contribution in [0.25, 0.3) is 98.5 Å². The molecule has 0 aliphatic heterocycles. The van der Waals surface area contributed by atoms with Gasteiger partial charge in [-0.2, -0.15) is 0 Å². The van der Waals surface area contributed by atoms with Crippen molar-refractivity contribution in [3.63, 3.8) is 0 Å². The highest BCUT2D eigenvalue weighted by Crippen LogP contribution is 2.42. The van der Waals surface area contributed by atoms with E-state index in [2.05, 4.69) is 0 Å². The molecule has 10 rings (SSSR count). The molecule has 234 valence electrons. The smallest absolute Gasteiger partial charge is 0.164 e. The Morgan fingerprint density at radius 2 is 1.14 bits per heavy atom. The van der Waals surface area contributed by atoms with Gasteiger partial charge in [-0.25, -0.2) is 15.0 Å². The Balaban J connectivity index is 1.22. The van der Waals surface area contributed by atoms with Crippen LogP contribution >= 0.6 is 11.3 Å². The molecule has 3 heterocycles. The number of fused-ring (bicyclic) bond motifs is 6. The lowest BCUT2D eigenvalue weighted by Gasteiger charge is -2.09. The van der Waals surface area contributed by atoms with Crippen LogP contribution in [0.1, 0.15) is 8.22 Å². The van der Waals surface area contributed by atoms with Gasteiger partial charge in [0.2, 0.25) is 0 Å². The monoisotopic (exact) mass is 663 g/mol. The summed E-state index contributed by atoms with van der Waals surface area (Å²) in [5.74, 6) is 0.740. The maximum Gasteiger partial charge on any atom is 0.164 e. The van der Waals surface area contributed by atoms with Crippen LogP contribution < -0.4 is 0 Å². The van der Waals surface area contributed by atoms with Crippen LogP contribution in [0.2, 0.25) is 0 Å². The third-order valence-electron chi connectivity index (χ3n) is 8.85. The molecular weight excluding hydrogens is 631 g/mol. The van der Waals surface area contributed by atoms with Gasteiger partial charge in [0.15, 0.2) is 17.5 Å². The third kappa shape index (κ3) is 4.87. The lowest BCUT2D eigenvalue weighted by Crippen LogP contribution is -2.00. The number of hydrogen-bond acceptors (Lipinski definition) is 5. The number of para-hydroxylation sites is 1. The number of aromatic nitrogens is 3. The van der Waals surface area contributed by atoms with Gasteiger partial charge < -0.3 is 4.42 Å². The molecule has 0 N–H and O–H groups in total. The lowest BCUT2D eigenvalue weighted by atomic mass is 9.98. The van der Waals surface area contributed by atoms with E-state index in [0.29, 0.717) is 43.3 Å². The maximum atomic E-state index is 9.61. The molecule has 0 unspecified atom stereocenters. The van der Waals surface area contributed by atoms with E-state index in [1.54, 1.807) is 0 Å². The van der Waals surface area contributed by atoms with E-state index in [4.69, 9.17) is 23.5 Å². The molecule has 0 bridgehead atoms. The van der Waals surface area contributed by atoms with E-state index in [0.717, 1.165) is 33.1 Å². The quantitative estimate of drug-likeness (QED) is 0.184. The second-order valence-corrected chi connectivity index (χ2v) is 13.0. The number of benzene rings is 7. The summed E-state index contributed by atoms with van der Waals surface area (Å²) in [6.45, 7) is 0. The molecule has 3 aromatic heterocycles. The topological polar surface area (TPSA) is 51.8 Å². The number of thiophene rings is 1. The normalized spacial score (nSPS) is 13.3. The van der Waals surface area contributed by atoms with E-state index >= 15 is 0 Å². The van der Waals surface area contributed by atoms with Crippen molar-refractivity contribution in [1.82, 2.24) is 15.0 Å². The molecular formula is C45H27N3OS. The summed E-state index contributed by atoms with van der Waals surface area (Å²) in [5, 5.41) is 2.36. The van der Waals surface area contributed by atoms with Gasteiger partial charge in [0, 0.05) is 47.6 Å². The van der Waals surface area contributed by atoms with Crippen molar-refractivity contribution in [2.45, 2.75) is 0 Å². The van der Waals surface area contributed by atoms with Crippen molar-refractivity contribution < 1.29 is 12.6 Å². The van der Waals surface area contributed by atoms with E-state index in [9.17, 15) is 4.11 Å². The molecule has 0 fully saturated rings. The van der Waals surface area contributed by atoms with E-state index in [1.807, 2.05) is 127 Å². The molecule has 0 saturated carbocycles. The molecule has 7 aromatic carbocycles. The molecule has 0 spiro atoms. The van der Waals surface area contributed by atoms with Gasteiger partial charge in [0.1, 0.15) is 11.2 Å². The molecule has 50 heavy (non-hydrogen) atoms. The lowest BCUT2D eigenvalue weighted by molar-refractivity contribution is 0.669. The second kappa shape index (κ2) is 11.6. The van der Waals surface area contributed by atoms with Gasteiger partial charge in [-0.1, -0.05) is 127 Å². The number of rotatable bonds is 5. The Morgan fingerprint density at radius 3 is 1.98 bits per heavy atom. The standard InChI is InChI=1S/C45H27N3OS/c1-3-11-28(12-4-1)30-15-9-16-31(25-30)34-18-10-19-37-36-23-21-33(27-41(36)50-42(34)37)45-47-43(29-13-5-2-6-14-29)46-44(48-45)32-22-24-40-38(26-32)35-17-7-8-20-39(35)49-40/h1-27H/i10D,18D,19D,21D,23D,27D. The number of hydrogen-bond donors (Lipinski definition) is 0. The fraction of sp³-hybridized carbons (Fsp3) is 0. The maximum absolute atomic E-state index is 9.61. The minimum Gasteiger partial charge on any atom is -0.456 e. The Morgan fingerprint density at radius 1 is 0.460 bits per heavy atom. The Labute approximate surface area is 300 Å². The van der Waals surface area contributed by atoms with Gasteiger partial charge >= 0.3 is 0 Å². The Bertz CT molecular complexity index is 3220. The molecule has 0 atom stereocenters. The molecule has 0 amide bonds. The molecule has 4 nitrogen and oxygen atoms in total. The highest BCUT2D eigenvalue weighted by atomic mass is 32.1. The summed E-state index contributed by atoms with van der Waals surface area (Å²) in [7, 11) is 0. The number of nitrogens with zero attached hydrogens (tertiary/aromatic N) is 3. The van der Waals surface area contributed by atoms with Gasteiger partial charge in [-0.15, -0.1) is 11.3 Å². The van der Waals surface area contributed by atoms with Crippen molar-refractivity contribution in [3.8, 4) is 56.4 Å². The zero-order valence-corrected chi connectivity index (χ0v) is 27.1. The minimum absolute atomic E-state index is 0.0566. The summed E-state index contributed by atoms with van der Waals surface area (Å²) >= 11 is 1.19. The van der Waals surface area contributed by atoms with Crippen LogP contribution in [0.3, 0.4) is 0 Å². The van der Waals surface area contributed by atoms with E-state index < -0.39 is 0 Å². The van der Waals surface area contributed by atoms with Crippen LogP contribution in [0.15, 0.2) is 168 Å². The van der Waals surface area contributed by atoms with Crippen molar-refractivity contribution in [1.29, 1.82) is 0 Å². The third-order valence-corrected chi connectivity index (χ3v) is 9.97. The highest BCUT2D eigenvalue weighted by molar-refractivity contribution is 7.26. The predicted molar refractivity (Wildman–Crippen MR) is 207 cm³/mol. The first-order valence-electron chi connectivity index (χ1n) is 19.1. The zero-order valence-electron chi connectivity index (χ0n) is 32.3. The molecule has 0 radical (unpaired) electrons. The van der Waals surface area contributed by atoms with Crippen LogP contribution in [-0.2, 0) is 0 Å². The largest absolute Gasteiger partial charge is 0.456 e. The fourth-order valence-electron chi connectivity index (χ4n) is 6.41. The summed E-state index contributed by atoms with van der Waals surface area (Å²) in [6, 6.07) is 39.3. The number of furan rings is 1. The summed E-state index contributed by atoms with van der Waals surface area (Å²) in [6.07, 6.45) is 0. The Kier molecular flexibility index (Phi) is 5.35. The second-order valence-electron chi connectivity index (χ2n) is 11.9. The zero-order chi connectivity index (χ0) is 38.2. The Hall–Kier alpha value is -6.43. The van der Waals surface area contributed by atoms with Gasteiger partial charge in [0.05, 0.1) is 8.22 Å². The molecule has 0 aliphatic carbocycles. The first kappa shape index (κ1) is 23.0. The van der Waals surface area contributed by atoms with Crippen LogP contribution in [0, 0.1) is 0 Å². The van der Waals surface area contributed by atoms with Crippen molar-refractivity contribution in [3.05, 3.63) is 164 Å². The molecule has 0 aliphatic rings. The summed E-state index contributed by atoms with van der Waals surface area (Å²) < 4.78 is 62.2. The van der Waals surface area contributed by atoms with Gasteiger partial charge in [-0.05, 0) is 58.6 Å². The first-order chi connectivity index (χ1) is 27.3. The molecule has 0 saturated heterocycles. The van der Waals surface area contributed by atoms with Gasteiger partial charge in [-0.3, -0.25) is 0 Å². The van der Waals surface area contributed by atoms with E-state index in [1.165, 1.54) is 11.3 Å². The van der Waals surface area contributed by atoms with Crippen LogP contribution in [0.5, 0.6) is 0 Å². The molecule has 10 aromatic rings. The van der Waals surface area contributed by atoms with Crippen molar-refractivity contribution >= 4 is 53.4 Å². The van der Waals surface area contributed by atoms with Crippen LogP contribution in [-0.4, -0.2) is 15.0 Å². The summed E-state index contributed by atoms with van der Waals surface area (Å²) in [4.78, 5) is 14.6. The first-order valence-corrected chi connectivity index (χ1v) is 16.9. The van der Waals surface area contributed by atoms with Crippen molar-refractivity contribution in [2.24, 2.45) is 0 Å². The highest BCUT2D eigenvalue weighted by Gasteiger charge is 2.17. The van der Waals surface area contributed by atoms with Crippen molar-refractivity contribution in [2.75, 3.05) is 0 Å². The van der Waals surface area contributed by atoms with E-state index in [-0.39, 0.29) is 58.4 Å². The average molecular weight is 664 g/mol. The SMILES string of the molecule is [2H]c1c([2H])c([2H])c2c(sc3c([2H])c(-c4nc(-c5ccccc5)nc(-c5ccc6oc7ccccc7c6c5)n4)c([2H])c([2H])c32)c1-c1cccc(-c2ccccc2)c1.